The number of ether oxygens (including phenoxy) is 2. The Bertz CT molecular complexity index is 533. The van der Waals surface area contributed by atoms with Crippen LogP contribution in [0.3, 0.4) is 0 Å². The molecular weight excluding hydrogens is 292 g/mol. The smallest absolute Gasteiger partial charge is 0.216 e. The third-order valence-corrected chi connectivity index (χ3v) is 5.03. The molecule has 1 saturated heterocycles. The summed E-state index contributed by atoms with van der Waals surface area (Å²) in [4.78, 5) is 3.98. The summed E-state index contributed by atoms with van der Waals surface area (Å²) in [6.45, 7) is 4.89. The summed E-state index contributed by atoms with van der Waals surface area (Å²) in [5.41, 5.74) is 0. The van der Waals surface area contributed by atoms with Crippen molar-refractivity contribution in [2.45, 2.75) is 32.5 Å². The Hall–Kier alpha value is -1.18. The maximum absolute atomic E-state index is 12.2. The molecule has 0 amide bonds. The van der Waals surface area contributed by atoms with Crippen LogP contribution in [0.5, 0.6) is 5.75 Å². The molecule has 118 valence electrons. The maximum Gasteiger partial charge on any atom is 0.216 e. The van der Waals surface area contributed by atoms with E-state index >= 15 is 0 Å². The molecule has 0 aromatic carbocycles. The highest BCUT2D eigenvalue weighted by molar-refractivity contribution is 7.89. The van der Waals surface area contributed by atoms with Gasteiger partial charge >= 0.3 is 0 Å². The lowest BCUT2D eigenvalue weighted by Gasteiger charge is -2.17. The Balaban J connectivity index is 1.83. The molecule has 1 aliphatic heterocycles. The van der Waals surface area contributed by atoms with Crippen LogP contribution in [0.15, 0.2) is 24.5 Å². The third kappa shape index (κ3) is 4.94. The van der Waals surface area contributed by atoms with Gasteiger partial charge in [0.25, 0.3) is 0 Å². The second-order valence-electron chi connectivity index (χ2n) is 5.31. The summed E-state index contributed by atoms with van der Waals surface area (Å²) in [6, 6.07) is 3.61. The summed E-state index contributed by atoms with van der Waals surface area (Å²) in [5, 5.41) is 0. The van der Waals surface area contributed by atoms with Gasteiger partial charge < -0.3 is 9.47 Å². The number of hydrogen-bond acceptors (Lipinski definition) is 5. The van der Waals surface area contributed by atoms with E-state index in [1.165, 1.54) is 4.31 Å². The van der Waals surface area contributed by atoms with Gasteiger partial charge in [-0.25, -0.2) is 8.42 Å². The molecule has 0 N–H and O–H groups in total. The van der Waals surface area contributed by atoms with Gasteiger partial charge in [-0.15, -0.1) is 0 Å². The molecule has 1 aliphatic rings. The van der Waals surface area contributed by atoms with Gasteiger partial charge in [-0.2, -0.15) is 4.31 Å². The van der Waals surface area contributed by atoms with Crippen LogP contribution in [-0.4, -0.2) is 55.4 Å². The van der Waals surface area contributed by atoms with Crippen molar-refractivity contribution in [1.82, 2.24) is 9.29 Å². The molecule has 6 nitrogen and oxygen atoms in total. The van der Waals surface area contributed by atoms with Crippen LogP contribution in [0.25, 0.3) is 0 Å². The highest BCUT2D eigenvalue weighted by atomic mass is 32.2. The van der Waals surface area contributed by atoms with Gasteiger partial charge in [0.15, 0.2) is 0 Å². The van der Waals surface area contributed by atoms with Crippen molar-refractivity contribution < 1.29 is 17.9 Å². The van der Waals surface area contributed by atoms with Gasteiger partial charge in [0.2, 0.25) is 10.0 Å². The topological polar surface area (TPSA) is 68.7 Å². The highest BCUT2D eigenvalue weighted by Crippen LogP contribution is 2.19. The molecule has 0 aliphatic carbocycles. The third-order valence-electron chi connectivity index (χ3n) is 3.23. The molecule has 7 heteroatoms. The molecule has 21 heavy (non-hydrogen) atoms. The average molecular weight is 314 g/mol. The first kappa shape index (κ1) is 16.2. The second-order valence-corrected chi connectivity index (χ2v) is 7.40. The number of nitrogens with zero attached hydrogens (tertiary/aromatic N) is 2. The number of pyridine rings is 1. The molecule has 2 heterocycles. The minimum absolute atomic E-state index is 0.0186. The summed E-state index contributed by atoms with van der Waals surface area (Å²) < 4.78 is 36.9. The van der Waals surface area contributed by atoms with Crippen molar-refractivity contribution in [3.05, 3.63) is 24.5 Å². The van der Waals surface area contributed by atoms with Gasteiger partial charge in [0, 0.05) is 12.7 Å². The van der Waals surface area contributed by atoms with E-state index in [0.717, 1.165) is 0 Å². The zero-order chi connectivity index (χ0) is 15.3. The van der Waals surface area contributed by atoms with Crippen LogP contribution in [-0.2, 0) is 14.8 Å². The first-order chi connectivity index (χ1) is 9.97. The number of sulfonamides is 1. The van der Waals surface area contributed by atoms with Crippen molar-refractivity contribution in [3.8, 4) is 5.75 Å². The molecule has 2 rings (SSSR count). The van der Waals surface area contributed by atoms with Crippen molar-refractivity contribution in [3.63, 3.8) is 0 Å². The van der Waals surface area contributed by atoms with Crippen molar-refractivity contribution in [1.29, 1.82) is 0 Å². The molecule has 0 saturated carbocycles. The first-order valence-corrected chi connectivity index (χ1v) is 8.74. The zero-order valence-electron chi connectivity index (χ0n) is 12.4. The van der Waals surface area contributed by atoms with Gasteiger partial charge in [0.05, 0.1) is 31.2 Å². The minimum atomic E-state index is -3.27. The van der Waals surface area contributed by atoms with E-state index in [4.69, 9.17) is 9.47 Å². The minimum Gasteiger partial charge on any atom is -0.487 e. The molecule has 1 atom stereocenters. The Labute approximate surface area is 126 Å². The van der Waals surface area contributed by atoms with Gasteiger partial charge in [-0.05, 0) is 32.4 Å². The van der Waals surface area contributed by atoms with Crippen LogP contribution < -0.4 is 4.74 Å². The molecular formula is C14H22N2O4S. The Kier molecular flexibility index (Phi) is 5.55. The normalized spacial score (nSPS) is 20.0. The highest BCUT2D eigenvalue weighted by Gasteiger charge is 2.32. The van der Waals surface area contributed by atoms with Crippen molar-refractivity contribution in [2.75, 3.05) is 25.4 Å². The van der Waals surface area contributed by atoms with Crippen molar-refractivity contribution in [2.24, 2.45) is 0 Å². The van der Waals surface area contributed by atoms with E-state index in [9.17, 15) is 8.42 Å². The maximum atomic E-state index is 12.2. The Morgan fingerprint density at radius 3 is 2.95 bits per heavy atom. The fraction of sp³-hybridized carbons (Fsp3) is 0.643. The van der Waals surface area contributed by atoms with E-state index in [0.29, 0.717) is 25.3 Å². The molecule has 1 fully saturated rings. The Morgan fingerprint density at radius 2 is 2.29 bits per heavy atom. The molecule has 1 aromatic rings. The SMILES string of the molecule is CC(C)OCCS(=O)(=O)N1CC[C@H](Oc2cccnc2)C1. The van der Waals surface area contributed by atoms with Crippen molar-refractivity contribution >= 4 is 10.0 Å². The Morgan fingerprint density at radius 1 is 1.48 bits per heavy atom. The summed E-state index contributed by atoms with van der Waals surface area (Å²) in [5.74, 6) is 0.690. The van der Waals surface area contributed by atoms with E-state index < -0.39 is 10.0 Å². The van der Waals surface area contributed by atoms with E-state index in [1.807, 2.05) is 19.9 Å². The number of rotatable bonds is 7. The summed E-state index contributed by atoms with van der Waals surface area (Å²) in [6.07, 6.45) is 3.93. The quantitative estimate of drug-likeness (QED) is 0.758. The fourth-order valence-corrected chi connectivity index (χ4v) is 3.52. The molecule has 0 radical (unpaired) electrons. The lowest BCUT2D eigenvalue weighted by atomic mass is 10.3. The molecule has 0 spiro atoms. The van der Waals surface area contributed by atoms with Crippen LogP contribution in [0, 0.1) is 0 Å². The largest absolute Gasteiger partial charge is 0.487 e. The van der Waals surface area contributed by atoms with E-state index in [1.54, 1.807) is 18.5 Å². The standard InChI is InChI=1S/C14H22N2O4S/c1-12(2)19-8-9-21(17,18)16-7-5-14(11-16)20-13-4-3-6-15-10-13/h3-4,6,10,12,14H,5,7-9,11H2,1-2H3/t14-/m0/s1. The lowest BCUT2D eigenvalue weighted by Crippen LogP contribution is -2.34. The molecule has 1 aromatic heterocycles. The van der Waals surface area contributed by atoms with E-state index in [2.05, 4.69) is 4.98 Å². The molecule has 0 bridgehead atoms. The van der Waals surface area contributed by atoms with Gasteiger partial charge in [-0.1, -0.05) is 0 Å². The predicted octanol–water partition coefficient (Wildman–Crippen LogP) is 1.29. The van der Waals surface area contributed by atoms with Crippen LogP contribution >= 0.6 is 0 Å². The zero-order valence-corrected chi connectivity index (χ0v) is 13.3. The lowest BCUT2D eigenvalue weighted by molar-refractivity contribution is 0.0907. The number of aromatic nitrogens is 1. The summed E-state index contributed by atoms with van der Waals surface area (Å²) >= 11 is 0. The van der Waals surface area contributed by atoms with Gasteiger partial charge in [-0.3, -0.25) is 4.98 Å². The van der Waals surface area contributed by atoms with Crippen LogP contribution in [0.4, 0.5) is 0 Å². The number of hydrogen-bond donors (Lipinski definition) is 0. The average Bonchev–Trinajstić information content (AvgIpc) is 2.88. The second kappa shape index (κ2) is 7.20. The monoisotopic (exact) mass is 314 g/mol. The predicted molar refractivity (Wildman–Crippen MR) is 79.7 cm³/mol. The molecule has 0 unspecified atom stereocenters. The fourth-order valence-electron chi connectivity index (χ4n) is 2.17. The van der Waals surface area contributed by atoms with Crippen LogP contribution in [0.1, 0.15) is 20.3 Å². The van der Waals surface area contributed by atoms with Gasteiger partial charge in [0.1, 0.15) is 11.9 Å². The summed E-state index contributed by atoms with van der Waals surface area (Å²) in [7, 11) is -3.27. The van der Waals surface area contributed by atoms with Crippen LogP contribution in [0.2, 0.25) is 0 Å². The first-order valence-electron chi connectivity index (χ1n) is 7.13. The van der Waals surface area contributed by atoms with E-state index in [-0.39, 0.29) is 24.6 Å².